The number of aliphatic hydroxyl groups is 1. The number of fused-ring (bicyclic) bond motifs is 1. The molecule has 0 aliphatic carbocycles. The first kappa shape index (κ1) is 24.3. The molecular weight excluding hydrogens is 497 g/mol. The molecule has 2 aliphatic heterocycles. The van der Waals surface area contributed by atoms with Gasteiger partial charge >= 0.3 is 12.1 Å². The number of nitrogens with zero attached hydrogens (tertiary/aromatic N) is 2. The number of pyridine rings is 1. The number of aromatic nitrogens is 1. The second kappa shape index (κ2) is 9.55. The van der Waals surface area contributed by atoms with Crippen LogP contribution in [0.4, 0.5) is 19.0 Å². The molecule has 1 aromatic heterocycles. The second-order valence-corrected chi connectivity index (χ2v) is 9.53. The summed E-state index contributed by atoms with van der Waals surface area (Å²) in [6.07, 6.45) is -3.97. The number of halogens is 3. The van der Waals surface area contributed by atoms with Crippen LogP contribution < -0.4 is 14.4 Å². The number of anilines is 1. The maximum atomic E-state index is 14.1. The topological polar surface area (TPSA) is 92.1 Å². The normalized spacial score (nSPS) is 19.4. The summed E-state index contributed by atoms with van der Waals surface area (Å²) in [6.45, 7) is 0.874. The average molecular weight is 519 g/mol. The molecule has 0 spiro atoms. The monoisotopic (exact) mass is 518 g/mol. The van der Waals surface area contributed by atoms with E-state index in [2.05, 4.69) is 4.98 Å². The van der Waals surface area contributed by atoms with Crippen LogP contribution in [-0.2, 0) is 11.0 Å². The van der Waals surface area contributed by atoms with Crippen molar-refractivity contribution in [3.63, 3.8) is 0 Å². The van der Waals surface area contributed by atoms with Gasteiger partial charge in [0.25, 0.3) is 0 Å². The number of hydrogen-bond donors (Lipinski definition) is 2. The van der Waals surface area contributed by atoms with Crippen molar-refractivity contribution in [2.75, 3.05) is 24.7 Å². The van der Waals surface area contributed by atoms with Crippen LogP contribution in [0.15, 0.2) is 64.5 Å². The van der Waals surface area contributed by atoms with Crippen molar-refractivity contribution in [2.45, 2.75) is 34.5 Å². The van der Waals surface area contributed by atoms with Gasteiger partial charge in [-0.1, -0.05) is 17.8 Å². The van der Waals surface area contributed by atoms with Crippen molar-refractivity contribution in [1.82, 2.24) is 4.98 Å². The molecule has 2 aliphatic rings. The molecule has 1 saturated heterocycles. The molecule has 1 fully saturated rings. The van der Waals surface area contributed by atoms with Crippen LogP contribution in [0.5, 0.6) is 11.5 Å². The SMILES string of the molecule is O=C(O)[C@@H]1C[C@@H](O)CN1c1cc(-c2ccc(Sc3ccc4c(c3)OCCO4)c(C(F)(F)F)c2)ccn1. The Hall–Kier alpha value is -3.44. The van der Waals surface area contributed by atoms with E-state index < -0.39 is 29.9 Å². The van der Waals surface area contributed by atoms with Crippen molar-refractivity contribution in [3.8, 4) is 22.6 Å². The highest BCUT2D eigenvalue weighted by atomic mass is 32.2. The van der Waals surface area contributed by atoms with E-state index >= 15 is 0 Å². The Labute approximate surface area is 208 Å². The van der Waals surface area contributed by atoms with Gasteiger partial charge in [0.2, 0.25) is 0 Å². The highest BCUT2D eigenvalue weighted by Gasteiger charge is 2.37. The third kappa shape index (κ3) is 4.93. The molecule has 188 valence electrons. The minimum absolute atomic E-state index is 0.0332. The number of β-amino-alcohol motifs (C(OH)–C–C–N with tert-alkyl or cyclic N) is 1. The molecule has 0 amide bonds. The molecular formula is C25H21F3N2O5S. The number of aliphatic carboxylic acids is 1. The summed E-state index contributed by atoms with van der Waals surface area (Å²) in [7, 11) is 0. The summed E-state index contributed by atoms with van der Waals surface area (Å²) in [6, 6.07) is 11.2. The van der Waals surface area contributed by atoms with Crippen LogP contribution >= 0.6 is 11.8 Å². The van der Waals surface area contributed by atoms with Gasteiger partial charge in [-0.3, -0.25) is 0 Å². The van der Waals surface area contributed by atoms with Gasteiger partial charge in [-0.05, 0) is 53.6 Å². The van der Waals surface area contributed by atoms with E-state index in [1.165, 1.54) is 23.2 Å². The standard InChI is InChI=1S/C25H21F3N2O5S/c26-25(27,28)18-9-14(1-4-22(18)36-17-2-3-20-21(12-17)35-8-7-34-20)15-5-6-29-23(10-15)30-13-16(31)11-19(30)24(32)33/h1-6,9-10,12,16,19,31H,7-8,11,13H2,(H,32,33)/t16-,19+/m1/s1. The summed E-state index contributed by atoms with van der Waals surface area (Å²) in [5.41, 5.74) is -0.0331. The molecule has 2 aromatic carbocycles. The Balaban J connectivity index is 1.47. The molecule has 11 heteroatoms. The van der Waals surface area contributed by atoms with Gasteiger partial charge in [0.05, 0.1) is 11.7 Å². The Bertz CT molecular complexity index is 1300. The molecule has 0 unspecified atom stereocenters. The fourth-order valence-electron chi connectivity index (χ4n) is 4.29. The third-order valence-corrected chi connectivity index (χ3v) is 7.03. The van der Waals surface area contributed by atoms with Gasteiger partial charge in [-0.2, -0.15) is 13.2 Å². The lowest BCUT2D eigenvalue weighted by atomic mass is 10.0. The largest absolute Gasteiger partial charge is 0.486 e. The first-order valence-electron chi connectivity index (χ1n) is 11.1. The van der Waals surface area contributed by atoms with Crippen LogP contribution in [0, 0.1) is 0 Å². The van der Waals surface area contributed by atoms with Gasteiger partial charge in [-0.25, -0.2) is 9.78 Å². The van der Waals surface area contributed by atoms with Gasteiger partial charge < -0.3 is 24.6 Å². The predicted molar refractivity (Wildman–Crippen MR) is 126 cm³/mol. The molecule has 3 aromatic rings. The lowest BCUT2D eigenvalue weighted by molar-refractivity contribution is -0.140. The Kier molecular flexibility index (Phi) is 6.44. The van der Waals surface area contributed by atoms with Crippen molar-refractivity contribution in [2.24, 2.45) is 0 Å². The van der Waals surface area contributed by atoms with E-state index in [1.807, 2.05) is 0 Å². The van der Waals surface area contributed by atoms with Crippen LogP contribution in [0.2, 0.25) is 0 Å². The zero-order valence-corrected chi connectivity index (χ0v) is 19.6. The maximum absolute atomic E-state index is 14.1. The van der Waals surface area contributed by atoms with E-state index in [-0.39, 0.29) is 23.7 Å². The molecule has 7 nitrogen and oxygen atoms in total. The number of ether oxygens (including phenoxy) is 2. The van der Waals surface area contributed by atoms with Crippen LogP contribution in [0.25, 0.3) is 11.1 Å². The summed E-state index contributed by atoms with van der Waals surface area (Å²) in [5, 5.41) is 19.4. The highest BCUT2D eigenvalue weighted by Crippen LogP contribution is 2.43. The number of alkyl halides is 3. The predicted octanol–water partition coefficient (Wildman–Crippen LogP) is 4.71. The van der Waals surface area contributed by atoms with Crippen LogP contribution in [0.1, 0.15) is 12.0 Å². The number of carboxylic acid groups (broad SMARTS) is 1. The van der Waals surface area contributed by atoms with Gasteiger partial charge in [0.15, 0.2) is 11.5 Å². The molecule has 2 N–H and O–H groups in total. The van der Waals surface area contributed by atoms with E-state index in [0.29, 0.717) is 40.7 Å². The first-order valence-corrected chi connectivity index (χ1v) is 11.9. The quantitative estimate of drug-likeness (QED) is 0.502. The second-order valence-electron chi connectivity index (χ2n) is 8.41. The fraction of sp³-hybridized carbons (Fsp3) is 0.280. The average Bonchev–Trinajstić information content (AvgIpc) is 3.26. The number of rotatable bonds is 5. The van der Waals surface area contributed by atoms with Crippen LogP contribution in [0.3, 0.4) is 0 Å². The van der Waals surface area contributed by atoms with E-state index in [4.69, 9.17) is 9.47 Å². The summed E-state index contributed by atoms with van der Waals surface area (Å²) in [5.74, 6) is 0.229. The summed E-state index contributed by atoms with van der Waals surface area (Å²) in [4.78, 5) is 17.8. The number of aliphatic hydroxyl groups excluding tert-OH is 1. The molecule has 0 saturated carbocycles. The van der Waals surface area contributed by atoms with Crippen molar-refractivity contribution >= 4 is 23.5 Å². The van der Waals surface area contributed by atoms with Crippen LogP contribution in [-0.4, -0.2) is 53.1 Å². The summed E-state index contributed by atoms with van der Waals surface area (Å²) < 4.78 is 53.2. The smallest absolute Gasteiger partial charge is 0.417 e. The lowest BCUT2D eigenvalue weighted by Crippen LogP contribution is -2.36. The Morgan fingerprint density at radius 1 is 1.03 bits per heavy atom. The Morgan fingerprint density at radius 3 is 2.53 bits per heavy atom. The minimum Gasteiger partial charge on any atom is -0.486 e. The van der Waals surface area contributed by atoms with Gasteiger partial charge in [0.1, 0.15) is 25.1 Å². The molecule has 0 bridgehead atoms. The fourth-order valence-corrected chi connectivity index (χ4v) is 5.27. The summed E-state index contributed by atoms with van der Waals surface area (Å²) >= 11 is 0.976. The number of carboxylic acids is 1. The highest BCUT2D eigenvalue weighted by molar-refractivity contribution is 7.99. The van der Waals surface area contributed by atoms with E-state index in [1.54, 1.807) is 30.3 Å². The lowest BCUT2D eigenvalue weighted by Gasteiger charge is -2.23. The van der Waals surface area contributed by atoms with Gasteiger partial charge in [0, 0.05) is 29.0 Å². The molecule has 36 heavy (non-hydrogen) atoms. The number of hydrogen-bond acceptors (Lipinski definition) is 7. The zero-order chi connectivity index (χ0) is 25.4. The van der Waals surface area contributed by atoms with Crippen molar-refractivity contribution < 1.29 is 37.7 Å². The molecule has 2 atom stereocenters. The zero-order valence-electron chi connectivity index (χ0n) is 18.7. The van der Waals surface area contributed by atoms with Crippen molar-refractivity contribution in [1.29, 1.82) is 0 Å². The first-order chi connectivity index (χ1) is 17.2. The van der Waals surface area contributed by atoms with Gasteiger partial charge in [-0.15, -0.1) is 0 Å². The Morgan fingerprint density at radius 2 is 1.78 bits per heavy atom. The van der Waals surface area contributed by atoms with E-state index in [0.717, 1.165) is 17.8 Å². The maximum Gasteiger partial charge on any atom is 0.417 e. The minimum atomic E-state index is -4.60. The van der Waals surface area contributed by atoms with E-state index in [9.17, 15) is 28.2 Å². The third-order valence-electron chi connectivity index (χ3n) is 5.96. The van der Waals surface area contributed by atoms with Crippen molar-refractivity contribution in [3.05, 3.63) is 60.3 Å². The number of carbonyl (C=O) groups is 1. The number of benzene rings is 2. The molecule has 5 rings (SSSR count). The molecule has 0 radical (unpaired) electrons. The molecule has 3 heterocycles.